The van der Waals surface area contributed by atoms with Gasteiger partial charge in [0.15, 0.2) is 0 Å². The summed E-state index contributed by atoms with van der Waals surface area (Å²) in [5.74, 6) is 2.55. The van der Waals surface area contributed by atoms with E-state index in [1.165, 1.54) is 40.9 Å². The van der Waals surface area contributed by atoms with Gasteiger partial charge in [0.1, 0.15) is 12.0 Å². The maximum Gasteiger partial charge on any atom is 0.490 e. The lowest BCUT2D eigenvalue weighted by atomic mass is 9.81. The van der Waals surface area contributed by atoms with Crippen LogP contribution in [0.4, 0.5) is 0 Å². The van der Waals surface area contributed by atoms with E-state index in [0.717, 1.165) is 18.3 Å². The molecule has 17 heteroatoms. The van der Waals surface area contributed by atoms with Gasteiger partial charge in [0.25, 0.3) is 0 Å². The van der Waals surface area contributed by atoms with Gasteiger partial charge in [-0.05, 0) is 49.7 Å². The minimum Gasteiger partial charge on any atom is -0.370 e. The number of ether oxygens (including phenoxy) is 2. The molecule has 1 saturated heterocycles. The topological polar surface area (TPSA) is 178 Å². The summed E-state index contributed by atoms with van der Waals surface area (Å²) in [6.45, 7) is -0.481. The summed E-state index contributed by atoms with van der Waals surface area (Å²) in [6, 6.07) is 0. The van der Waals surface area contributed by atoms with Gasteiger partial charge in [0, 0.05) is 6.42 Å². The van der Waals surface area contributed by atoms with Crippen molar-refractivity contribution in [1.29, 1.82) is 0 Å². The molecule has 0 aromatic carbocycles. The van der Waals surface area contributed by atoms with Gasteiger partial charge >= 0.3 is 23.5 Å². The lowest BCUT2D eigenvalue weighted by molar-refractivity contribution is -0.0406. The second-order valence-electron chi connectivity index (χ2n) is 7.86. The fourth-order valence-electron chi connectivity index (χ4n) is 4.52. The maximum absolute atomic E-state index is 12.0. The predicted molar refractivity (Wildman–Crippen MR) is 113 cm³/mol. The van der Waals surface area contributed by atoms with Crippen molar-refractivity contribution in [2.45, 2.75) is 50.4 Å². The van der Waals surface area contributed by atoms with Crippen LogP contribution in [0.5, 0.6) is 0 Å². The molecule has 182 valence electrons. The van der Waals surface area contributed by atoms with Crippen molar-refractivity contribution in [1.82, 2.24) is 0 Å². The number of phosphoric ester groups is 1. The van der Waals surface area contributed by atoms with E-state index in [4.69, 9.17) is 23.8 Å². The first-order chi connectivity index (χ1) is 14.4. The zero-order valence-corrected chi connectivity index (χ0v) is 20.9. The lowest BCUT2D eigenvalue weighted by Crippen LogP contribution is -2.29. The summed E-state index contributed by atoms with van der Waals surface area (Å²) in [5, 5.41) is 0. The van der Waals surface area contributed by atoms with Crippen LogP contribution in [0, 0.1) is 17.8 Å². The largest absolute Gasteiger partial charge is 0.490 e. The van der Waals surface area contributed by atoms with Crippen molar-refractivity contribution in [2.75, 3.05) is 18.8 Å². The first-order valence-corrected chi connectivity index (χ1v) is 16.8. The Morgan fingerprint density at radius 2 is 1.71 bits per heavy atom. The Balaban J connectivity index is 1.53. The van der Waals surface area contributed by atoms with Crippen molar-refractivity contribution < 1.29 is 55.9 Å². The molecule has 0 spiro atoms. The van der Waals surface area contributed by atoms with Crippen molar-refractivity contribution in [3.8, 4) is 0 Å². The molecule has 4 aliphatic rings. The molecule has 6 atom stereocenters. The van der Waals surface area contributed by atoms with Gasteiger partial charge in [-0.25, -0.2) is 13.7 Å². The second kappa shape index (κ2) is 10.7. The third-order valence-electron chi connectivity index (χ3n) is 5.68. The van der Waals surface area contributed by atoms with Crippen LogP contribution in [-0.2, 0) is 36.3 Å². The van der Waals surface area contributed by atoms with Gasteiger partial charge in [-0.15, -0.1) is 0 Å². The summed E-state index contributed by atoms with van der Waals surface area (Å²) >= 11 is 0. The summed E-state index contributed by atoms with van der Waals surface area (Å²) in [4.78, 5) is 36.1. The molecule has 0 amide bonds. The van der Waals surface area contributed by atoms with Crippen LogP contribution >= 0.6 is 45.1 Å². The van der Waals surface area contributed by atoms with Crippen molar-refractivity contribution in [2.24, 2.45) is 17.8 Å². The smallest absolute Gasteiger partial charge is 0.370 e. The molecule has 1 heterocycles. The van der Waals surface area contributed by atoms with E-state index in [2.05, 4.69) is 8.62 Å². The summed E-state index contributed by atoms with van der Waals surface area (Å²) in [6.07, 6.45) is 5.90. The van der Waals surface area contributed by atoms with E-state index in [0.29, 0.717) is 18.3 Å². The molecular weight excluding hydrogens is 517 g/mol. The highest BCUT2D eigenvalue weighted by atomic mass is 33.1. The molecule has 31 heavy (non-hydrogen) atoms. The SMILES string of the molecule is CSSCO[C@H]1C[C@H](CC2CC3CC2C3)O[C@@H]1COP(=O)(O)OP(=O)(O)OP(=O)(O)O. The minimum absolute atomic E-state index is 0.0943. The average Bonchev–Trinajstić information content (AvgIpc) is 3.23. The molecule has 4 N–H and O–H groups in total. The Kier molecular flexibility index (Phi) is 9.23. The predicted octanol–water partition coefficient (Wildman–Crippen LogP) is 3.28. The lowest BCUT2D eigenvalue weighted by Gasteiger charge is -2.25. The third-order valence-corrected chi connectivity index (χ3v) is 11.0. The molecule has 0 aromatic heterocycles. The molecule has 0 radical (unpaired) electrons. The quantitative estimate of drug-likeness (QED) is 0.115. The Morgan fingerprint density at radius 3 is 2.29 bits per heavy atom. The van der Waals surface area contributed by atoms with Crippen LogP contribution in [0.25, 0.3) is 0 Å². The monoisotopic (exact) mass is 544 g/mol. The van der Waals surface area contributed by atoms with E-state index in [-0.39, 0.29) is 6.10 Å². The van der Waals surface area contributed by atoms with Crippen molar-refractivity contribution >= 4 is 45.1 Å². The van der Waals surface area contributed by atoms with E-state index in [1.807, 2.05) is 6.26 Å². The van der Waals surface area contributed by atoms with Crippen molar-refractivity contribution in [3.63, 3.8) is 0 Å². The number of phosphoric acid groups is 3. The van der Waals surface area contributed by atoms with Gasteiger partial charge in [0.05, 0.1) is 18.8 Å². The van der Waals surface area contributed by atoms with E-state index in [1.54, 1.807) is 0 Å². The molecule has 3 unspecified atom stereocenters. The van der Waals surface area contributed by atoms with Crippen LogP contribution in [-0.4, -0.2) is 56.7 Å². The van der Waals surface area contributed by atoms with Gasteiger partial charge in [0.2, 0.25) is 0 Å². The summed E-state index contributed by atoms with van der Waals surface area (Å²) in [5.41, 5.74) is 0. The van der Waals surface area contributed by atoms with Crippen LogP contribution in [0.15, 0.2) is 0 Å². The molecule has 3 aliphatic carbocycles. The van der Waals surface area contributed by atoms with Crippen molar-refractivity contribution in [3.05, 3.63) is 0 Å². The number of rotatable bonds is 13. The second-order valence-corrected chi connectivity index (χ2v) is 14.8. The molecule has 4 rings (SSSR count). The highest BCUT2D eigenvalue weighted by molar-refractivity contribution is 8.76. The highest BCUT2D eigenvalue weighted by Gasteiger charge is 2.47. The Bertz CT molecular complexity index is 759. The van der Waals surface area contributed by atoms with Gasteiger partial charge < -0.3 is 29.0 Å². The molecule has 3 saturated carbocycles. The summed E-state index contributed by atoms with van der Waals surface area (Å²) in [7, 11) is -13.2. The van der Waals surface area contributed by atoms with Gasteiger partial charge in [-0.2, -0.15) is 8.62 Å². The molecule has 4 fully saturated rings. The fourth-order valence-corrected chi connectivity index (χ4v) is 8.33. The molecule has 2 bridgehead atoms. The van der Waals surface area contributed by atoms with Gasteiger partial charge in [-0.1, -0.05) is 21.6 Å². The number of fused-ring (bicyclic) bond motifs is 1. The van der Waals surface area contributed by atoms with Crippen LogP contribution in [0.1, 0.15) is 32.1 Å². The highest BCUT2D eigenvalue weighted by Crippen LogP contribution is 2.66. The number of hydrogen-bond donors (Lipinski definition) is 4. The van der Waals surface area contributed by atoms with E-state index < -0.39 is 42.3 Å². The maximum atomic E-state index is 12.0. The van der Waals surface area contributed by atoms with E-state index >= 15 is 0 Å². The Morgan fingerprint density at radius 1 is 1.00 bits per heavy atom. The average molecular weight is 544 g/mol. The number of hydrogen-bond acceptors (Lipinski definition) is 10. The first kappa shape index (κ1) is 26.6. The third kappa shape index (κ3) is 8.33. The van der Waals surface area contributed by atoms with Gasteiger partial charge in [-0.3, -0.25) is 4.52 Å². The summed E-state index contributed by atoms with van der Waals surface area (Å²) < 4.78 is 58.2. The minimum atomic E-state index is -5.55. The van der Waals surface area contributed by atoms with Crippen LogP contribution in [0.2, 0.25) is 0 Å². The molecule has 1 aliphatic heterocycles. The van der Waals surface area contributed by atoms with Crippen LogP contribution < -0.4 is 0 Å². The Hall–Kier alpha value is 1.03. The van der Waals surface area contributed by atoms with E-state index in [9.17, 15) is 23.5 Å². The zero-order valence-electron chi connectivity index (χ0n) is 16.6. The zero-order chi connectivity index (χ0) is 22.9. The first-order valence-electron chi connectivity index (χ1n) is 9.57. The van der Waals surface area contributed by atoms with Crippen LogP contribution in [0.3, 0.4) is 0 Å². The normalized spacial score (nSPS) is 36.7. The fraction of sp³-hybridized carbons (Fsp3) is 1.00. The standard InChI is InChI=1S/C14H27O12P3S2/c1-30-31-8-22-13-6-12(5-11-4-9-2-10(11)3-9)24-14(13)7-23-28(18,19)26-29(20,21)25-27(15,16)17/h9-14H,2-8H2,1H3,(H,18,19)(H,20,21)(H2,15,16,17)/t9?,10?,11?,12-,13-,14+/m0/s1. The molecule has 12 nitrogen and oxygen atoms in total. The Labute approximate surface area is 188 Å². The molecular formula is C14H27O12P3S2. The molecule has 0 aromatic rings.